The third kappa shape index (κ3) is 2.37. The van der Waals surface area contributed by atoms with Crippen molar-refractivity contribution in [2.24, 2.45) is 0 Å². The van der Waals surface area contributed by atoms with E-state index < -0.39 is 0 Å². The first-order valence-corrected chi connectivity index (χ1v) is 3.86. The molecule has 0 N–H and O–H groups in total. The summed E-state index contributed by atoms with van der Waals surface area (Å²) in [5, 5.41) is 5.00. The second kappa shape index (κ2) is 3.96. The Balaban J connectivity index is 2.90. The summed E-state index contributed by atoms with van der Waals surface area (Å²) in [5.74, 6) is 0. The minimum Gasteiger partial charge on any atom is -0.420 e. The van der Waals surface area contributed by atoms with Crippen LogP contribution in [0.25, 0.3) is 0 Å². The predicted octanol–water partition coefficient (Wildman–Crippen LogP) is 2.89. The Hall–Kier alpha value is -0.240. The van der Waals surface area contributed by atoms with Gasteiger partial charge in [0.25, 0.3) is 0 Å². The summed E-state index contributed by atoms with van der Waals surface area (Å²) < 4.78 is 0. The molecular weight excluding hydrogens is 181 g/mol. The fraction of sp³-hybridized carbons (Fsp3) is 0.125. The molecule has 0 spiro atoms. The van der Waals surface area contributed by atoms with Crippen LogP contribution in [-0.4, -0.2) is 0 Å². The summed E-state index contributed by atoms with van der Waals surface area (Å²) in [6, 6.07) is 5.33. The molecule has 1 aromatic carbocycles. The third-order valence-corrected chi connectivity index (χ3v) is 1.88. The van der Waals surface area contributed by atoms with Crippen LogP contribution in [0, 0.1) is 7.05 Å². The van der Waals surface area contributed by atoms with Crippen molar-refractivity contribution in [1.29, 1.82) is 0 Å². The first kappa shape index (κ1) is 8.85. The van der Waals surface area contributed by atoms with E-state index in [4.69, 9.17) is 23.2 Å². The maximum Gasteiger partial charge on any atom is 0.0465 e. The first-order valence-electron chi connectivity index (χ1n) is 3.10. The van der Waals surface area contributed by atoms with Gasteiger partial charge in [0.2, 0.25) is 0 Å². The van der Waals surface area contributed by atoms with E-state index in [0.29, 0.717) is 16.6 Å². The molecule has 1 rings (SSSR count). The molecule has 0 saturated carbocycles. The van der Waals surface area contributed by atoms with E-state index in [2.05, 4.69) is 12.4 Å². The third-order valence-electron chi connectivity index (χ3n) is 1.30. The Morgan fingerprint density at radius 3 is 2.64 bits per heavy atom. The SMILES string of the molecule is [CH2-][N]Cc1ccc(Cl)cc1Cl. The van der Waals surface area contributed by atoms with E-state index in [1.165, 1.54) is 0 Å². The molecular formula is C8H7Cl2N-. The van der Waals surface area contributed by atoms with Crippen molar-refractivity contribution in [2.75, 3.05) is 0 Å². The van der Waals surface area contributed by atoms with Crippen LogP contribution in [0.5, 0.6) is 0 Å². The average molecular weight is 188 g/mol. The van der Waals surface area contributed by atoms with E-state index in [0.717, 1.165) is 5.56 Å². The van der Waals surface area contributed by atoms with Gasteiger partial charge in [-0.2, -0.15) is 0 Å². The van der Waals surface area contributed by atoms with E-state index in [-0.39, 0.29) is 0 Å². The second-order valence-corrected chi connectivity index (χ2v) is 2.96. The topological polar surface area (TPSA) is 14.1 Å². The van der Waals surface area contributed by atoms with Crippen LogP contribution in [0.4, 0.5) is 0 Å². The van der Waals surface area contributed by atoms with Crippen LogP contribution in [-0.2, 0) is 6.54 Å². The minimum atomic E-state index is 0.538. The highest BCUT2D eigenvalue weighted by Gasteiger charge is 1.97. The van der Waals surface area contributed by atoms with Crippen molar-refractivity contribution >= 4 is 23.2 Å². The Bertz CT molecular complexity index is 248. The lowest BCUT2D eigenvalue weighted by atomic mass is 10.2. The van der Waals surface area contributed by atoms with E-state index >= 15 is 0 Å². The summed E-state index contributed by atoms with van der Waals surface area (Å²) in [7, 11) is 3.38. The first-order chi connectivity index (χ1) is 5.24. The summed E-state index contributed by atoms with van der Waals surface area (Å²) >= 11 is 11.5. The number of hydrogen-bond donors (Lipinski definition) is 0. The van der Waals surface area contributed by atoms with Gasteiger partial charge in [0.1, 0.15) is 0 Å². The van der Waals surface area contributed by atoms with Crippen LogP contribution in [0.3, 0.4) is 0 Å². The Labute approximate surface area is 76.3 Å². The van der Waals surface area contributed by atoms with Crippen LogP contribution in [0.1, 0.15) is 5.56 Å². The zero-order chi connectivity index (χ0) is 8.27. The fourth-order valence-corrected chi connectivity index (χ4v) is 1.24. The molecule has 0 unspecified atom stereocenters. The molecule has 0 saturated heterocycles. The monoisotopic (exact) mass is 187 g/mol. The molecule has 1 aromatic rings. The largest absolute Gasteiger partial charge is 0.420 e. The molecule has 0 aliphatic rings. The van der Waals surface area contributed by atoms with E-state index in [1.54, 1.807) is 12.1 Å². The van der Waals surface area contributed by atoms with Gasteiger partial charge >= 0.3 is 0 Å². The fourth-order valence-electron chi connectivity index (χ4n) is 0.770. The molecule has 0 amide bonds. The lowest BCUT2D eigenvalue weighted by Crippen LogP contribution is -1.94. The van der Waals surface area contributed by atoms with Gasteiger partial charge in [-0.3, -0.25) is 7.05 Å². The highest BCUT2D eigenvalue weighted by molar-refractivity contribution is 6.35. The van der Waals surface area contributed by atoms with Crippen LogP contribution in [0.15, 0.2) is 18.2 Å². The Kier molecular flexibility index (Phi) is 3.18. The maximum atomic E-state index is 5.84. The normalized spacial score (nSPS) is 10.1. The van der Waals surface area contributed by atoms with Gasteiger partial charge in [-0.05, 0) is 17.7 Å². The van der Waals surface area contributed by atoms with Gasteiger partial charge in [-0.1, -0.05) is 29.3 Å². The second-order valence-electron chi connectivity index (χ2n) is 2.12. The molecule has 59 valence electrons. The minimum absolute atomic E-state index is 0.538. The van der Waals surface area contributed by atoms with Crippen LogP contribution >= 0.6 is 23.2 Å². The zero-order valence-corrected chi connectivity index (χ0v) is 7.36. The summed E-state index contributed by atoms with van der Waals surface area (Å²) in [6.07, 6.45) is 0. The quantitative estimate of drug-likeness (QED) is 0.633. The Morgan fingerprint density at radius 1 is 1.36 bits per heavy atom. The van der Waals surface area contributed by atoms with Gasteiger partial charge in [0.05, 0.1) is 0 Å². The van der Waals surface area contributed by atoms with Gasteiger partial charge in [-0.15, -0.1) is 0 Å². The van der Waals surface area contributed by atoms with Crippen molar-refractivity contribution in [3.8, 4) is 0 Å². The van der Waals surface area contributed by atoms with Crippen molar-refractivity contribution in [3.05, 3.63) is 40.9 Å². The molecule has 0 aliphatic heterocycles. The van der Waals surface area contributed by atoms with Gasteiger partial charge < -0.3 is 5.32 Å². The molecule has 1 nitrogen and oxygen atoms in total. The molecule has 0 fully saturated rings. The highest BCUT2D eigenvalue weighted by atomic mass is 35.5. The average Bonchev–Trinajstić information content (AvgIpc) is 1.95. The smallest absolute Gasteiger partial charge is 0.0465 e. The van der Waals surface area contributed by atoms with Crippen molar-refractivity contribution in [2.45, 2.75) is 6.54 Å². The van der Waals surface area contributed by atoms with Gasteiger partial charge in [0.15, 0.2) is 0 Å². The molecule has 1 radical (unpaired) electrons. The number of hydrogen-bond acceptors (Lipinski definition) is 0. The molecule has 0 atom stereocenters. The molecule has 3 heteroatoms. The Morgan fingerprint density at radius 2 is 2.09 bits per heavy atom. The molecule has 11 heavy (non-hydrogen) atoms. The summed E-state index contributed by atoms with van der Waals surface area (Å²) in [5.41, 5.74) is 0.950. The van der Waals surface area contributed by atoms with Crippen molar-refractivity contribution in [3.63, 3.8) is 0 Å². The predicted molar refractivity (Wildman–Crippen MR) is 47.7 cm³/mol. The van der Waals surface area contributed by atoms with Gasteiger partial charge in [0, 0.05) is 16.6 Å². The van der Waals surface area contributed by atoms with Crippen molar-refractivity contribution in [1.82, 2.24) is 5.32 Å². The molecule has 0 heterocycles. The molecule has 0 bridgehead atoms. The lowest BCUT2D eigenvalue weighted by Gasteiger charge is -2.04. The number of halogens is 2. The van der Waals surface area contributed by atoms with E-state index in [1.807, 2.05) is 6.07 Å². The van der Waals surface area contributed by atoms with Crippen LogP contribution < -0.4 is 5.32 Å². The maximum absolute atomic E-state index is 5.84. The van der Waals surface area contributed by atoms with E-state index in [9.17, 15) is 0 Å². The number of rotatable bonds is 2. The number of benzene rings is 1. The lowest BCUT2D eigenvalue weighted by molar-refractivity contribution is 0.849. The van der Waals surface area contributed by atoms with Crippen molar-refractivity contribution < 1.29 is 0 Å². The molecule has 0 aromatic heterocycles. The standard InChI is InChI=1S/C8H7Cl2N/c1-11-5-6-2-3-7(9)4-8(6)10/h2-4H,1,5H2/q-1. The summed E-state index contributed by atoms with van der Waals surface area (Å²) in [4.78, 5) is 0. The summed E-state index contributed by atoms with van der Waals surface area (Å²) in [6.45, 7) is 0.538. The number of nitrogens with zero attached hydrogens (tertiary/aromatic N) is 1. The highest BCUT2D eigenvalue weighted by Crippen LogP contribution is 2.20. The molecule has 0 aliphatic carbocycles. The van der Waals surface area contributed by atoms with Gasteiger partial charge in [-0.25, -0.2) is 0 Å². The van der Waals surface area contributed by atoms with Crippen LogP contribution in [0.2, 0.25) is 10.0 Å². The zero-order valence-electron chi connectivity index (χ0n) is 5.85.